The lowest BCUT2D eigenvalue weighted by Gasteiger charge is -2.07. The van der Waals surface area contributed by atoms with Gasteiger partial charge in [0.05, 0.1) is 5.69 Å². The molecule has 1 unspecified atom stereocenters. The minimum Gasteiger partial charge on any atom is -0.351 e. The first kappa shape index (κ1) is 14.0. The standard InChI is InChI=1S/C12H20ClN3O/c1-4-9(13)6-7-14-12(17)11-8-10(5-2)15-16(11)3/h8-9H,4-7H2,1-3H3,(H,14,17). The third kappa shape index (κ3) is 4.04. The normalized spacial score (nSPS) is 12.5. The topological polar surface area (TPSA) is 46.9 Å². The molecule has 96 valence electrons. The number of carbonyl (C=O) groups excluding carboxylic acids is 1. The van der Waals surface area contributed by atoms with E-state index in [1.807, 2.05) is 19.9 Å². The van der Waals surface area contributed by atoms with Gasteiger partial charge in [0.1, 0.15) is 5.69 Å². The number of carbonyl (C=O) groups is 1. The number of aryl methyl sites for hydroxylation is 2. The van der Waals surface area contributed by atoms with Crippen LogP contribution >= 0.6 is 11.6 Å². The average molecular weight is 258 g/mol. The summed E-state index contributed by atoms with van der Waals surface area (Å²) in [4.78, 5) is 11.8. The van der Waals surface area contributed by atoms with Gasteiger partial charge in [-0.1, -0.05) is 13.8 Å². The first-order chi connectivity index (χ1) is 8.08. The van der Waals surface area contributed by atoms with E-state index in [1.165, 1.54) is 0 Å². The van der Waals surface area contributed by atoms with Crippen molar-refractivity contribution in [1.29, 1.82) is 0 Å². The second kappa shape index (κ2) is 6.64. The van der Waals surface area contributed by atoms with Gasteiger partial charge in [-0.2, -0.15) is 5.10 Å². The molecule has 0 fully saturated rings. The molecule has 1 N–H and O–H groups in total. The molecule has 0 aliphatic carbocycles. The van der Waals surface area contributed by atoms with Gasteiger partial charge in [-0.05, 0) is 25.3 Å². The number of nitrogens with zero attached hydrogens (tertiary/aromatic N) is 2. The quantitative estimate of drug-likeness (QED) is 0.794. The van der Waals surface area contributed by atoms with Gasteiger partial charge < -0.3 is 5.32 Å². The maximum atomic E-state index is 11.8. The van der Waals surface area contributed by atoms with Crippen molar-refractivity contribution in [2.24, 2.45) is 7.05 Å². The Kier molecular flexibility index (Phi) is 5.48. The van der Waals surface area contributed by atoms with Crippen LogP contribution in [0.5, 0.6) is 0 Å². The maximum Gasteiger partial charge on any atom is 0.269 e. The van der Waals surface area contributed by atoms with Gasteiger partial charge in [-0.15, -0.1) is 11.6 Å². The van der Waals surface area contributed by atoms with Crippen molar-refractivity contribution in [2.45, 2.75) is 38.5 Å². The second-order valence-electron chi connectivity index (χ2n) is 4.05. The van der Waals surface area contributed by atoms with Gasteiger partial charge in [0.25, 0.3) is 5.91 Å². The Labute approximate surface area is 107 Å². The number of rotatable bonds is 6. The van der Waals surface area contributed by atoms with Gasteiger partial charge in [-0.25, -0.2) is 0 Å². The van der Waals surface area contributed by atoms with Crippen molar-refractivity contribution in [3.63, 3.8) is 0 Å². The third-order valence-electron chi connectivity index (χ3n) is 2.71. The first-order valence-corrected chi connectivity index (χ1v) is 6.47. The molecule has 5 heteroatoms. The van der Waals surface area contributed by atoms with Crippen LogP contribution in [0.25, 0.3) is 0 Å². The number of alkyl halides is 1. The Morgan fingerprint density at radius 3 is 2.82 bits per heavy atom. The van der Waals surface area contributed by atoms with E-state index in [4.69, 9.17) is 11.6 Å². The summed E-state index contributed by atoms with van der Waals surface area (Å²) in [7, 11) is 1.78. The van der Waals surface area contributed by atoms with Crippen molar-refractivity contribution in [2.75, 3.05) is 6.54 Å². The van der Waals surface area contributed by atoms with E-state index in [-0.39, 0.29) is 11.3 Å². The van der Waals surface area contributed by atoms with Gasteiger partial charge >= 0.3 is 0 Å². The minimum atomic E-state index is -0.0836. The number of amides is 1. The monoisotopic (exact) mass is 257 g/mol. The van der Waals surface area contributed by atoms with Crippen LogP contribution < -0.4 is 5.32 Å². The molecular weight excluding hydrogens is 238 g/mol. The fourth-order valence-electron chi connectivity index (χ4n) is 1.55. The predicted molar refractivity (Wildman–Crippen MR) is 69.5 cm³/mol. The van der Waals surface area contributed by atoms with Crippen LogP contribution in [-0.4, -0.2) is 27.6 Å². The van der Waals surface area contributed by atoms with Crippen molar-refractivity contribution < 1.29 is 4.79 Å². The molecule has 17 heavy (non-hydrogen) atoms. The van der Waals surface area contributed by atoms with Crippen LogP contribution in [0.4, 0.5) is 0 Å². The SMILES string of the molecule is CCc1cc(C(=O)NCCC(Cl)CC)n(C)n1. The van der Waals surface area contributed by atoms with E-state index in [9.17, 15) is 4.79 Å². The zero-order valence-electron chi connectivity index (χ0n) is 10.7. The summed E-state index contributed by atoms with van der Waals surface area (Å²) in [5, 5.41) is 7.23. The molecule has 1 rings (SSSR count). The van der Waals surface area contributed by atoms with Gasteiger partial charge in [-0.3, -0.25) is 9.48 Å². The maximum absolute atomic E-state index is 11.8. The highest BCUT2D eigenvalue weighted by molar-refractivity contribution is 6.20. The van der Waals surface area contributed by atoms with Crippen molar-refractivity contribution >= 4 is 17.5 Å². The molecule has 1 atom stereocenters. The molecule has 0 aliphatic rings. The van der Waals surface area contributed by atoms with Crippen molar-refractivity contribution in [1.82, 2.24) is 15.1 Å². The molecule has 1 amide bonds. The summed E-state index contributed by atoms with van der Waals surface area (Å²) in [6.45, 7) is 4.66. The van der Waals surface area contributed by atoms with E-state index < -0.39 is 0 Å². The van der Waals surface area contributed by atoms with E-state index in [0.717, 1.165) is 25.0 Å². The molecule has 0 radical (unpaired) electrons. The lowest BCUT2D eigenvalue weighted by molar-refractivity contribution is 0.0943. The van der Waals surface area contributed by atoms with Gasteiger partial charge in [0.15, 0.2) is 0 Å². The highest BCUT2D eigenvalue weighted by atomic mass is 35.5. The highest BCUT2D eigenvalue weighted by Gasteiger charge is 2.12. The van der Waals surface area contributed by atoms with Crippen LogP contribution in [0.1, 0.15) is 42.9 Å². The summed E-state index contributed by atoms with van der Waals surface area (Å²) in [6.07, 6.45) is 2.55. The van der Waals surface area contributed by atoms with Crippen LogP contribution in [0, 0.1) is 0 Å². The Morgan fingerprint density at radius 2 is 2.29 bits per heavy atom. The molecule has 0 saturated heterocycles. The number of aromatic nitrogens is 2. The summed E-state index contributed by atoms with van der Waals surface area (Å²) in [5.74, 6) is -0.0836. The highest BCUT2D eigenvalue weighted by Crippen LogP contribution is 2.06. The molecule has 0 bridgehead atoms. The van der Waals surface area contributed by atoms with E-state index in [1.54, 1.807) is 11.7 Å². The van der Waals surface area contributed by atoms with E-state index in [2.05, 4.69) is 10.4 Å². The van der Waals surface area contributed by atoms with Crippen molar-refractivity contribution in [3.8, 4) is 0 Å². The van der Waals surface area contributed by atoms with Gasteiger partial charge in [0.2, 0.25) is 0 Å². The zero-order chi connectivity index (χ0) is 12.8. The minimum absolute atomic E-state index is 0.0836. The van der Waals surface area contributed by atoms with Crippen LogP contribution in [0.3, 0.4) is 0 Å². The van der Waals surface area contributed by atoms with E-state index in [0.29, 0.717) is 12.2 Å². The number of hydrogen-bond acceptors (Lipinski definition) is 2. The third-order valence-corrected chi connectivity index (χ3v) is 3.24. The smallest absolute Gasteiger partial charge is 0.269 e. The zero-order valence-corrected chi connectivity index (χ0v) is 11.4. The number of halogens is 1. The molecule has 4 nitrogen and oxygen atoms in total. The lowest BCUT2D eigenvalue weighted by atomic mass is 10.2. The Bertz CT molecular complexity index is 376. The predicted octanol–water partition coefficient (Wildman–Crippen LogP) is 2.12. The van der Waals surface area contributed by atoms with Gasteiger partial charge in [0, 0.05) is 19.0 Å². The van der Waals surface area contributed by atoms with Crippen LogP contribution in [0.2, 0.25) is 0 Å². The molecule has 1 heterocycles. The fraction of sp³-hybridized carbons (Fsp3) is 0.667. The first-order valence-electron chi connectivity index (χ1n) is 6.03. The molecule has 0 spiro atoms. The largest absolute Gasteiger partial charge is 0.351 e. The molecule has 1 aromatic rings. The lowest BCUT2D eigenvalue weighted by Crippen LogP contribution is -2.27. The van der Waals surface area contributed by atoms with Crippen molar-refractivity contribution in [3.05, 3.63) is 17.5 Å². The van der Waals surface area contributed by atoms with Crippen LogP contribution in [-0.2, 0) is 13.5 Å². The molecule has 0 aromatic carbocycles. The van der Waals surface area contributed by atoms with Crippen LogP contribution in [0.15, 0.2) is 6.07 Å². The molecular formula is C12H20ClN3O. The fourth-order valence-corrected chi connectivity index (χ4v) is 1.66. The Hall–Kier alpha value is -1.03. The summed E-state index contributed by atoms with van der Waals surface area (Å²) >= 11 is 5.98. The second-order valence-corrected chi connectivity index (χ2v) is 4.67. The average Bonchev–Trinajstić information content (AvgIpc) is 2.70. The molecule has 0 aliphatic heterocycles. The summed E-state index contributed by atoms with van der Waals surface area (Å²) in [6, 6.07) is 1.83. The Balaban J connectivity index is 2.49. The number of nitrogens with one attached hydrogen (secondary N) is 1. The summed E-state index contributed by atoms with van der Waals surface area (Å²) in [5.41, 5.74) is 1.53. The number of hydrogen-bond donors (Lipinski definition) is 1. The molecule has 0 saturated carbocycles. The Morgan fingerprint density at radius 1 is 1.59 bits per heavy atom. The van der Waals surface area contributed by atoms with E-state index >= 15 is 0 Å². The molecule has 1 aromatic heterocycles. The summed E-state index contributed by atoms with van der Waals surface area (Å²) < 4.78 is 1.62.